The molecule has 0 aliphatic carbocycles. The lowest BCUT2D eigenvalue weighted by Crippen LogP contribution is -2.26. The maximum atomic E-state index is 14.3. The Kier molecular flexibility index (Phi) is 5.61. The van der Waals surface area contributed by atoms with Gasteiger partial charge in [-0.25, -0.2) is 4.39 Å². The van der Waals surface area contributed by atoms with E-state index in [2.05, 4.69) is 4.99 Å². The van der Waals surface area contributed by atoms with E-state index in [9.17, 15) is 9.18 Å². The van der Waals surface area contributed by atoms with Gasteiger partial charge in [-0.15, -0.1) is 0 Å². The summed E-state index contributed by atoms with van der Waals surface area (Å²) in [5, 5.41) is 0. The normalized spacial score (nSPS) is 12.0. The summed E-state index contributed by atoms with van der Waals surface area (Å²) >= 11 is 0. The number of amides is 1. The van der Waals surface area contributed by atoms with Crippen LogP contribution in [-0.2, 0) is 13.1 Å². The number of carbonyl (C=O) groups excluding carboxylic acids is 1. The molecule has 5 heteroatoms. The second-order valence-corrected chi connectivity index (χ2v) is 7.24. The first-order chi connectivity index (χ1) is 14.6. The van der Waals surface area contributed by atoms with E-state index >= 15 is 0 Å². The van der Waals surface area contributed by atoms with Crippen LogP contribution in [0.3, 0.4) is 0 Å². The molecule has 152 valence electrons. The maximum Gasteiger partial charge on any atom is 0.254 e. The van der Waals surface area contributed by atoms with Crippen LogP contribution in [0.25, 0.3) is 11.1 Å². The minimum Gasteiger partial charge on any atom is -0.493 e. The quantitative estimate of drug-likeness (QED) is 0.576. The zero-order chi connectivity index (χ0) is 21.1. The number of halogens is 1. The third-order valence-corrected chi connectivity index (χ3v) is 5.24. The molecule has 4 nitrogen and oxygen atoms in total. The van der Waals surface area contributed by atoms with Crippen molar-refractivity contribution in [3.05, 3.63) is 88.7 Å². The highest BCUT2D eigenvalue weighted by Crippen LogP contribution is 2.33. The van der Waals surface area contributed by atoms with Crippen molar-refractivity contribution in [3.63, 3.8) is 0 Å². The smallest absolute Gasteiger partial charge is 0.254 e. The predicted octanol–water partition coefficient (Wildman–Crippen LogP) is 5.10. The molecular weight excluding hydrogens is 379 g/mol. The Balaban J connectivity index is 1.60. The molecule has 4 rings (SSSR count). The first-order valence-electron chi connectivity index (χ1n) is 9.96. The van der Waals surface area contributed by atoms with Gasteiger partial charge >= 0.3 is 0 Å². The van der Waals surface area contributed by atoms with Gasteiger partial charge in [0.05, 0.1) is 13.2 Å². The summed E-state index contributed by atoms with van der Waals surface area (Å²) in [5.74, 6) is 0.0539. The van der Waals surface area contributed by atoms with Crippen molar-refractivity contribution < 1.29 is 13.9 Å². The third-order valence-electron chi connectivity index (χ3n) is 5.24. The third kappa shape index (κ3) is 3.83. The van der Waals surface area contributed by atoms with Crippen LogP contribution >= 0.6 is 0 Å². The minimum atomic E-state index is -0.324. The Morgan fingerprint density at radius 2 is 1.93 bits per heavy atom. The van der Waals surface area contributed by atoms with Gasteiger partial charge in [0.15, 0.2) is 0 Å². The Morgan fingerprint density at radius 1 is 1.10 bits per heavy atom. The molecule has 0 bridgehead atoms. The van der Waals surface area contributed by atoms with Crippen molar-refractivity contribution in [2.45, 2.75) is 20.0 Å². The van der Waals surface area contributed by atoms with Gasteiger partial charge in [0.1, 0.15) is 11.6 Å². The highest BCUT2D eigenvalue weighted by Gasteiger charge is 2.19. The van der Waals surface area contributed by atoms with Crippen LogP contribution in [0.2, 0.25) is 0 Å². The van der Waals surface area contributed by atoms with Crippen LogP contribution in [0.5, 0.6) is 5.75 Å². The van der Waals surface area contributed by atoms with Crippen LogP contribution in [-0.4, -0.2) is 30.7 Å². The Hall–Kier alpha value is -3.47. The summed E-state index contributed by atoms with van der Waals surface area (Å²) in [6, 6.07) is 17.8. The molecule has 0 N–H and O–H groups in total. The van der Waals surface area contributed by atoms with Crippen molar-refractivity contribution >= 4 is 12.1 Å². The molecule has 0 spiro atoms. The minimum absolute atomic E-state index is 0.118. The van der Waals surface area contributed by atoms with Gasteiger partial charge in [-0.2, -0.15) is 0 Å². The van der Waals surface area contributed by atoms with Gasteiger partial charge in [-0.3, -0.25) is 9.79 Å². The number of fused-ring (bicyclic) bond motifs is 1. The number of rotatable bonds is 6. The second-order valence-electron chi connectivity index (χ2n) is 7.24. The largest absolute Gasteiger partial charge is 0.493 e. The first-order valence-corrected chi connectivity index (χ1v) is 9.96. The van der Waals surface area contributed by atoms with Crippen molar-refractivity contribution in [2.24, 2.45) is 4.99 Å². The molecule has 0 fully saturated rings. The van der Waals surface area contributed by atoms with Crippen molar-refractivity contribution in [1.82, 2.24) is 4.90 Å². The van der Waals surface area contributed by atoms with Crippen LogP contribution < -0.4 is 4.74 Å². The standard InChI is InChI=1S/C25H23FN2O2/c1-3-30-24-13-17(11-12-21(24)20-9-4-5-10-23(20)26)25(29)28(2)16-19-8-6-7-18-14-27-15-22(18)19/h4-14H,3,15-16H2,1-2H3. The zero-order valence-electron chi connectivity index (χ0n) is 17.1. The molecule has 1 amide bonds. The number of hydrogen-bond acceptors (Lipinski definition) is 3. The van der Waals surface area contributed by atoms with Crippen LogP contribution in [0, 0.1) is 5.82 Å². The van der Waals surface area contributed by atoms with Crippen LogP contribution in [0.15, 0.2) is 65.7 Å². The first kappa shape index (κ1) is 19.8. The summed E-state index contributed by atoms with van der Waals surface area (Å²) in [7, 11) is 1.78. The Bertz CT molecular complexity index is 1120. The van der Waals surface area contributed by atoms with Crippen LogP contribution in [0.1, 0.15) is 34.0 Å². The van der Waals surface area contributed by atoms with Gasteiger partial charge < -0.3 is 9.64 Å². The van der Waals surface area contributed by atoms with E-state index < -0.39 is 0 Å². The number of ether oxygens (including phenoxy) is 1. The van der Waals surface area contributed by atoms with Gasteiger partial charge in [0.25, 0.3) is 5.91 Å². The van der Waals surface area contributed by atoms with E-state index in [0.29, 0.717) is 42.1 Å². The van der Waals surface area contributed by atoms with E-state index in [0.717, 1.165) is 11.1 Å². The summed E-state index contributed by atoms with van der Waals surface area (Å²) < 4.78 is 20.0. The lowest BCUT2D eigenvalue weighted by atomic mass is 10.0. The molecule has 0 aromatic heterocycles. The molecule has 3 aromatic carbocycles. The predicted molar refractivity (Wildman–Crippen MR) is 117 cm³/mol. The molecule has 3 aromatic rings. The zero-order valence-corrected chi connectivity index (χ0v) is 17.1. The number of aliphatic imine (C=N–C) groups is 1. The van der Waals surface area contributed by atoms with E-state index in [1.54, 1.807) is 48.3 Å². The fourth-order valence-corrected chi connectivity index (χ4v) is 3.73. The van der Waals surface area contributed by atoms with E-state index in [1.807, 2.05) is 31.3 Å². The highest BCUT2D eigenvalue weighted by molar-refractivity contribution is 5.95. The van der Waals surface area contributed by atoms with E-state index in [1.165, 1.54) is 11.6 Å². The molecular formula is C25H23FN2O2. The lowest BCUT2D eigenvalue weighted by molar-refractivity contribution is 0.0784. The van der Waals surface area contributed by atoms with Crippen molar-refractivity contribution in [2.75, 3.05) is 13.7 Å². The SMILES string of the molecule is CCOc1cc(C(=O)N(C)Cc2cccc3c2CN=C3)ccc1-c1ccccc1F. The molecule has 0 radical (unpaired) electrons. The maximum absolute atomic E-state index is 14.3. The number of hydrogen-bond donors (Lipinski definition) is 0. The number of carbonyl (C=O) groups is 1. The number of benzene rings is 3. The molecule has 1 aliphatic heterocycles. The van der Waals surface area contributed by atoms with Crippen molar-refractivity contribution in [1.29, 1.82) is 0 Å². The van der Waals surface area contributed by atoms with Crippen LogP contribution in [0.4, 0.5) is 4.39 Å². The highest BCUT2D eigenvalue weighted by atomic mass is 19.1. The number of nitrogens with zero attached hydrogens (tertiary/aromatic N) is 2. The Labute approximate surface area is 175 Å². The summed E-state index contributed by atoms with van der Waals surface area (Å²) in [5.41, 5.74) is 4.96. The average molecular weight is 402 g/mol. The molecule has 0 unspecified atom stereocenters. The van der Waals surface area contributed by atoms with Gasteiger partial charge in [-0.1, -0.05) is 36.4 Å². The molecule has 1 aliphatic rings. The Morgan fingerprint density at radius 3 is 2.73 bits per heavy atom. The van der Waals surface area contributed by atoms with Gasteiger partial charge in [0.2, 0.25) is 0 Å². The fraction of sp³-hybridized carbons (Fsp3) is 0.200. The van der Waals surface area contributed by atoms with E-state index in [4.69, 9.17) is 4.74 Å². The topological polar surface area (TPSA) is 41.9 Å². The summed E-state index contributed by atoms with van der Waals surface area (Å²) in [6.07, 6.45) is 1.87. The molecule has 0 saturated carbocycles. The lowest BCUT2D eigenvalue weighted by Gasteiger charge is -2.20. The van der Waals surface area contributed by atoms with Crippen molar-refractivity contribution in [3.8, 4) is 16.9 Å². The average Bonchev–Trinajstić information content (AvgIpc) is 3.24. The second kappa shape index (κ2) is 8.49. The fourth-order valence-electron chi connectivity index (χ4n) is 3.73. The van der Waals surface area contributed by atoms with Gasteiger partial charge in [-0.05, 0) is 47.9 Å². The molecule has 30 heavy (non-hydrogen) atoms. The molecule has 0 atom stereocenters. The van der Waals surface area contributed by atoms with E-state index in [-0.39, 0.29) is 11.7 Å². The summed E-state index contributed by atoms with van der Waals surface area (Å²) in [6.45, 7) is 3.43. The molecule has 1 heterocycles. The molecule has 0 saturated heterocycles. The van der Waals surface area contributed by atoms with Gasteiger partial charge in [0, 0.05) is 36.5 Å². The summed E-state index contributed by atoms with van der Waals surface area (Å²) in [4.78, 5) is 19.1. The monoisotopic (exact) mass is 402 g/mol.